The number of carbonyl (C=O) groups is 1. The molecular formula is C24H27N7O2. The second-order valence-corrected chi connectivity index (χ2v) is 8.42. The smallest absolute Gasteiger partial charge is 0.411 e. The maximum Gasteiger partial charge on any atom is 0.411 e. The number of aromatic nitrogens is 4. The van der Waals surface area contributed by atoms with Crippen LogP contribution in [0.4, 0.5) is 22.1 Å². The van der Waals surface area contributed by atoms with Gasteiger partial charge in [-0.05, 0) is 55.5 Å². The van der Waals surface area contributed by atoms with Crippen molar-refractivity contribution in [2.45, 2.75) is 45.1 Å². The number of anilines is 3. The van der Waals surface area contributed by atoms with Crippen molar-refractivity contribution in [3.05, 3.63) is 48.4 Å². The molecule has 4 rings (SSSR count). The lowest BCUT2D eigenvalue weighted by Crippen LogP contribution is -2.23. The molecule has 1 atom stereocenters. The van der Waals surface area contributed by atoms with E-state index in [1.165, 1.54) is 19.9 Å². The van der Waals surface area contributed by atoms with Crippen LogP contribution in [0, 0.1) is 24.2 Å². The Morgan fingerprint density at radius 3 is 2.70 bits per heavy atom. The fourth-order valence-electron chi connectivity index (χ4n) is 4.36. The molecule has 1 fully saturated rings. The first kappa shape index (κ1) is 22.3. The third-order valence-electron chi connectivity index (χ3n) is 6.23. The second-order valence-electron chi connectivity index (χ2n) is 8.42. The highest BCUT2D eigenvalue weighted by atomic mass is 16.4. The van der Waals surface area contributed by atoms with Gasteiger partial charge in [0.2, 0.25) is 5.95 Å². The molecule has 3 aromatic rings. The molecule has 1 aromatic carbocycles. The number of aryl methyl sites for hydroxylation is 1. The summed E-state index contributed by atoms with van der Waals surface area (Å²) in [5.41, 5.74) is 3.91. The van der Waals surface area contributed by atoms with Crippen LogP contribution >= 0.6 is 0 Å². The van der Waals surface area contributed by atoms with Crippen LogP contribution < -0.4 is 10.2 Å². The van der Waals surface area contributed by atoms with Crippen molar-refractivity contribution in [2.75, 3.05) is 17.3 Å². The van der Waals surface area contributed by atoms with Crippen LogP contribution in [0.2, 0.25) is 0 Å². The first-order valence-corrected chi connectivity index (χ1v) is 11.0. The van der Waals surface area contributed by atoms with E-state index in [4.69, 9.17) is 10.1 Å². The van der Waals surface area contributed by atoms with Gasteiger partial charge in [0.1, 0.15) is 0 Å². The molecule has 1 unspecified atom stereocenters. The van der Waals surface area contributed by atoms with E-state index in [0.717, 1.165) is 40.2 Å². The minimum Gasteiger partial charge on any atom is -0.465 e. The number of carboxylic acid groups (broad SMARTS) is 1. The Labute approximate surface area is 192 Å². The summed E-state index contributed by atoms with van der Waals surface area (Å²) in [6, 6.07) is 9.41. The lowest BCUT2D eigenvalue weighted by molar-refractivity contribution is 0.203. The van der Waals surface area contributed by atoms with E-state index in [2.05, 4.69) is 21.5 Å². The van der Waals surface area contributed by atoms with Crippen molar-refractivity contribution in [1.29, 1.82) is 5.26 Å². The van der Waals surface area contributed by atoms with Crippen LogP contribution in [-0.4, -0.2) is 38.0 Å². The molecule has 0 aliphatic heterocycles. The fourth-order valence-corrected chi connectivity index (χ4v) is 4.36. The number of nitrogens with zero attached hydrogens (tertiary/aromatic N) is 6. The maximum atomic E-state index is 11.1. The summed E-state index contributed by atoms with van der Waals surface area (Å²) in [7, 11) is 1.49. The summed E-state index contributed by atoms with van der Waals surface area (Å²) in [5.74, 6) is 0.927. The number of nitriles is 1. The summed E-state index contributed by atoms with van der Waals surface area (Å²) in [4.78, 5) is 21.3. The summed E-state index contributed by atoms with van der Waals surface area (Å²) < 4.78 is 1.93. The van der Waals surface area contributed by atoms with Gasteiger partial charge in [-0.15, -0.1) is 0 Å². The predicted molar refractivity (Wildman–Crippen MR) is 125 cm³/mol. The van der Waals surface area contributed by atoms with Crippen LogP contribution in [0.5, 0.6) is 0 Å². The van der Waals surface area contributed by atoms with E-state index in [9.17, 15) is 10.1 Å². The Hall–Kier alpha value is -3.93. The Balaban J connectivity index is 1.54. The Morgan fingerprint density at radius 1 is 1.30 bits per heavy atom. The maximum absolute atomic E-state index is 11.1. The summed E-state index contributed by atoms with van der Waals surface area (Å²) in [6.45, 7) is 1.96. The van der Waals surface area contributed by atoms with E-state index in [-0.39, 0.29) is 6.04 Å². The zero-order valence-electron chi connectivity index (χ0n) is 18.8. The Kier molecular flexibility index (Phi) is 6.54. The van der Waals surface area contributed by atoms with Gasteiger partial charge >= 0.3 is 6.09 Å². The van der Waals surface area contributed by atoms with Crippen LogP contribution in [-0.2, 0) is 0 Å². The number of hydrogen-bond acceptors (Lipinski definition) is 6. The average Bonchev–Trinajstić information content (AvgIpc) is 3.51. The molecule has 2 heterocycles. The predicted octanol–water partition coefficient (Wildman–Crippen LogP) is 5.15. The minimum atomic E-state index is -1.02. The Bertz CT molecular complexity index is 1160. The largest absolute Gasteiger partial charge is 0.465 e. The number of benzene rings is 1. The number of amides is 1. The molecule has 0 bridgehead atoms. The van der Waals surface area contributed by atoms with Gasteiger partial charge in [-0.1, -0.05) is 12.8 Å². The van der Waals surface area contributed by atoms with Crippen molar-refractivity contribution < 1.29 is 9.90 Å². The first-order valence-electron chi connectivity index (χ1n) is 11.0. The molecule has 1 aliphatic carbocycles. The third kappa shape index (κ3) is 4.95. The van der Waals surface area contributed by atoms with E-state index in [1.54, 1.807) is 36.7 Å². The van der Waals surface area contributed by atoms with Crippen LogP contribution in [0.25, 0.3) is 11.3 Å². The molecule has 1 saturated carbocycles. The van der Waals surface area contributed by atoms with Crippen LogP contribution in [0.3, 0.4) is 0 Å². The summed E-state index contributed by atoms with van der Waals surface area (Å²) >= 11 is 0. The first-order chi connectivity index (χ1) is 16.0. The lowest BCUT2D eigenvalue weighted by Gasteiger charge is -2.21. The van der Waals surface area contributed by atoms with Crippen molar-refractivity contribution in [3.63, 3.8) is 0 Å². The molecule has 33 heavy (non-hydrogen) atoms. The monoisotopic (exact) mass is 445 g/mol. The third-order valence-corrected chi connectivity index (χ3v) is 6.23. The molecule has 9 heteroatoms. The van der Waals surface area contributed by atoms with Crippen molar-refractivity contribution in [2.24, 2.45) is 5.92 Å². The molecule has 2 N–H and O–H groups in total. The van der Waals surface area contributed by atoms with E-state index in [0.29, 0.717) is 24.0 Å². The molecule has 2 aromatic heterocycles. The quantitative estimate of drug-likeness (QED) is 0.516. The molecule has 1 amide bonds. The lowest BCUT2D eigenvalue weighted by atomic mass is 9.96. The van der Waals surface area contributed by atoms with Gasteiger partial charge < -0.3 is 10.4 Å². The van der Waals surface area contributed by atoms with Gasteiger partial charge in [0, 0.05) is 36.4 Å². The van der Waals surface area contributed by atoms with Crippen LogP contribution in [0.15, 0.2) is 42.9 Å². The van der Waals surface area contributed by atoms with Gasteiger partial charge in [0.05, 0.1) is 30.4 Å². The standard InChI is InChI=1S/C24H27N7O2/c1-16-13-26-23(28-19-7-9-20(10-8-19)30(2)24(32)33)29-22(16)18-14-27-31(15-18)21(11-12-25)17-5-3-4-6-17/h7-10,13-15,17,21H,3-6,11H2,1-2H3,(H,32,33)(H,26,28,29). The molecule has 1 aliphatic rings. The van der Waals surface area contributed by atoms with Gasteiger partial charge in [-0.2, -0.15) is 10.4 Å². The number of hydrogen-bond donors (Lipinski definition) is 2. The van der Waals surface area contributed by atoms with E-state index >= 15 is 0 Å². The van der Waals surface area contributed by atoms with Crippen molar-refractivity contribution >= 4 is 23.4 Å². The minimum absolute atomic E-state index is 0.0911. The van der Waals surface area contributed by atoms with Gasteiger partial charge in [0.15, 0.2) is 0 Å². The van der Waals surface area contributed by atoms with Crippen molar-refractivity contribution in [1.82, 2.24) is 19.7 Å². The number of rotatable bonds is 7. The molecule has 9 nitrogen and oxygen atoms in total. The SMILES string of the molecule is Cc1cnc(Nc2ccc(N(C)C(=O)O)cc2)nc1-c1cnn(C(CC#N)C2CCCC2)c1. The van der Waals surface area contributed by atoms with Gasteiger partial charge in [-0.3, -0.25) is 9.58 Å². The Morgan fingerprint density at radius 2 is 2.03 bits per heavy atom. The van der Waals surface area contributed by atoms with Gasteiger partial charge in [-0.25, -0.2) is 14.8 Å². The normalized spacial score (nSPS) is 14.6. The van der Waals surface area contributed by atoms with Crippen molar-refractivity contribution in [3.8, 4) is 17.3 Å². The molecule has 0 spiro atoms. The molecule has 0 saturated heterocycles. The van der Waals surface area contributed by atoms with E-state index < -0.39 is 6.09 Å². The summed E-state index contributed by atoms with van der Waals surface area (Å²) in [6.07, 6.45) is 9.69. The zero-order chi connectivity index (χ0) is 23.4. The topological polar surface area (TPSA) is 120 Å². The fraction of sp³-hybridized carbons (Fsp3) is 0.375. The highest BCUT2D eigenvalue weighted by Crippen LogP contribution is 2.36. The number of nitrogens with one attached hydrogen (secondary N) is 1. The molecular weight excluding hydrogens is 418 g/mol. The highest BCUT2D eigenvalue weighted by molar-refractivity contribution is 5.85. The molecule has 0 radical (unpaired) electrons. The average molecular weight is 446 g/mol. The second kappa shape index (κ2) is 9.69. The molecule has 170 valence electrons. The van der Waals surface area contributed by atoms with E-state index in [1.807, 2.05) is 17.8 Å². The zero-order valence-corrected chi connectivity index (χ0v) is 18.8. The van der Waals surface area contributed by atoms with Crippen LogP contribution in [0.1, 0.15) is 43.7 Å². The summed E-state index contributed by atoms with van der Waals surface area (Å²) in [5, 5.41) is 26.2. The van der Waals surface area contributed by atoms with Gasteiger partial charge in [0.25, 0.3) is 0 Å². The highest BCUT2D eigenvalue weighted by Gasteiger charge is 2.27.